The van der Waals surface area contributed by atoms with E-state index in [-0.39, 0.29) is 20.1 Å². The van der Waals surface area contributed by atoms with Crippen LogP contribution in [-0.4, -0.2) is 0 Å². The third-order valence-corrected chi connectivity index (χ3v) is 3.62. The van der Waals surface area contributed by atoms with Crippen LogP contribution < -0.4 is 9.80 Å². The molecule has 0 aromatic heterocycles. The predicted molar refractivity (Wildman–Crippen MR) is 86.7 cm³/mol. The van der Waals surface area contributed by atoms with Crippen molar-refractivity contribution in [2.24, 2.45) is 0 Å². The van der Waals surface area contributed by atoms with E-state index in [0.29, 0.717) is 0 Å². The molecule has 1 aliphatic heterocycles. The summed E-state index contributed by atoms with van der Waals surface area (Å²) in [5, 5.41) is 0. The second kappa shape index (κ2) is 6.35. The van der Waals surface area contributed by atoms with Gasteiger partial charge in [-0.15, -0.1) is 12.4 Å². The van der Waals surface area contributed by atoms with Gasteiger partial charge >= 0.3 is 0 Å². The Morgan fingerprint density at radius 3 is 2.00 bits per heavy atom. The zero-order valence-electron chi connectivity index (χ0n) is 11.8. The molecule has 0 saturated carbocycles. The van der Waals surface area contributed by atoms with Crippen molar-refractivity contribution in [1.29, 1.82) is 0 Å². The largest absolute Gasteiger partial charge is 0.493 e. The normalized spacial score (nSPS) is 12.7. The van der Waals surface area contributed by atoms with E-state index in [0.717, 1.165) is 11.4 Å². The molecule has 111 valence electrons. The van der Waals surface area contributed by atoms with Crippen molar-refractivity contribution in [3.05, 3.63) is 91.6 Å². The van der Waals surface area contributed by atoms with Gasteiger partial charge in [0.25, 0.3) is 0 Å². The zero-order chi connectivity index (χ0) is 14.1. The molecule has 0 atom stereocenters. The van der Waals surface area contributed by atoms with E-state index in [9.17, 15) is 0 Å². The summed E-state index contributed by atoms with van der Waals surface area (Å²) >= 11 is 0. The third kappa shape index (κ3) is 2.54. The van der Waals surface area contributed by atoms with Crippen LogP contribution in [0.3, 0.4) is 0 Å². The van der Waals surface area contributed by atoms with Crippen LogP contribution in [-0.2, 0) is 20.1 Å². The molecular formula is C19H14IrN2-2. The van der Waals surface area contributed by atoms with Crippen LogP contribution in [0.4, 0.5) is 22.7 Å². The SMILES string of the molecule is [Ir].[c-]1ccccc1N1[CH-]N(c2ccccc2)c2ccccc21. The van der Waals surface area contributed by atoms with Crippen LogP contribution >= 0.6 is 0 Å². The first-order valence-corrected chi connectivity index (χ1v) is 6.98. The molecule has 0 fully saturated rings. The quantitative estimate of drug-likeness (QED) is 0.500. The van der Waals surface area contributed by atoms with Crippen molar-refractivity contribution < 1.29 is 20.1 Å². The molecule has 2 nitrogen and oxygen atoms in total. The maximum absolute atomic E-state index is 3.29. The van der Waals surface area contributed by atoms with Gasteiger partial charge in [-0.25, -0.2) is 0 Å². The van der Waals surface area contributed by atoms with Gasteiger partial charge in [-0.2, -0.15) is 30.3 Å². The smallest absolute Gasteiger partial charge is 0.0344 e. The topological polar surface area (TPSA) is 6.48 Å². The van der Waals surface area contributed by atoms with Crippen molar-refractivity contribution in [1.82, 2.24) is 0 Å². The van der Waals surface area contributed by atoms with Gasteiger partial charge in [-0.1, -0.05) is 30.3 Å². The Labute approximate surface area is 144 Å². The average Bonchev–Trinajstić information content (AvgIpc) is 2.96. The second-order valence-electron chi connectivity index (χ2n) is 4.93. The number of para-hydroxylation sites is 4. The first-order chi connectivity index (χ1) is 10.4. The maximum Gasteiger partial charge on any atom is 0.0344 e. The molecule has 0 amide bonds. The zero-order valence-corrected chi connectivity index (χ0v) is 14.2. The summed E-state index contributed by atoms with van der Waals surface area (Å²) in [6, 6.07) is 30.1. The van der Waals surface area contributed by atoms with Crippen molar-refractivity contribution in [2.75, 3.05) is 9.80 Å². The standard InChI is InChI=1S/C19H14N2.Ir/c1-3-9-16(10-4-1)20-15-21(17-11-5-2-6-12-17)19-14-8-7-13-18(19)20;/h1-11,13-15H;/q-2;. The molecule has 0 aliphatic carbocycles. The molecule has 3 heteroatoms. The van der Waals surface area contributed by atoms with E-state index in [1.807, 2.05) is 24.3 Å². The number of nitrogens with zero attached hydrogens (tertiary/aromatic N) is 2. The molecule has 1 heterocycles. The molecule has 1 aliphatic rings. The number of hydrogen-bond donors (Lipinski definition) is 0. The van der Waals surface area contributed by atoms with Crippen LogP contribution in [0.15, 0.2) is 78.9 Å². The molecule has 0 N–H and O–H groups in total. The molecule has 0 saturated heterocycles. The minimum Gasteiger partial charge on any atom is -0.493 e. The van der Waals surface area contributed by atoms with Crippen molar-refractivity contribution in [3.63, 3.8) is 0 Å². The Hall–Kier alpha value is -2.09. The van der Waals surface area contributed by atoms with Gasteiger partial charge in [0, 0.05) is 37.2 Å². The average molecular weight is 463 g/mol. The summed E-state index contributed by atoms with van der Waals surface area (Å²) in [5.41, 5.74) is 4.55. The molecule has 0 unspecified atom stereocenters. The third-order valence-electron chi connectivity index (χ3n) is 3.62. The van der Waals surface area contributed by atoms with E-state index in [1.165, 1.54) is 11.4 Å². The Balaban J connectivity index is 0.00000144. The minimum atomic E-state index is 0. The second-order valence-corrected chi connectivity index (χ2v) is 4.93. The number of rotatable bonds is 2. The van der Waals surface area contributed by atoms with Crippen LogP contribution in [0.2, 0.25) is 0 Å². The fraction of sp³-hybridized carbons (Fsp3) is 0. The van der Waals surface area contributed by atoms with Crippen LogP contribution in [0.5, 0.6) is 0 Å². The van der Waals surface area contributed by atoms with Gasteiger partial charge < -0.3 is 9.80 Å². The van der Waals surface area contributed by atoms with E-state index in [1.54, 1.807) is 0 Å². The van der Waals surface area contributed by atoms with Gasteiger partial charge in [0.05, 0.1) is 0 Å². The fourth-order valence-electron chi connectivity index (χ4n) is 2.63. The number of hydrogen-bond acceptors (Lipinski definition) is 2. The van der Waals surface area contributed by atoms with E-state index in [4.69, 9.17) is 0 Å². The van der Waals surface area contributed by atoms with Gasteiger partial charge in [0.1, 0.15) is 0 Å². The summed E-state index contributed by atoms with van der Waals surface area (Å²) in [4.78, 5) is 4.37. The first-order valence-electron chi connectivity index (χ1n) is 6.98. The number of anilines is 4. The minimum absolute atomic E-state index is 0. The van der Waals surface area contributed by atoms with E-state index < -0.39 is 0 Å². The summed E-state index contributed by atoms with van der Waals surface area (Å²) in [7, 11) is 0. The van der Waals surface area contributed by atoms with Crippen molar-refractivity contribution >= 4 is 22.7 Å². The molecular weight excluding hydrogens is 448 g/mol. The van der Waals surface area contributed by atoms with Gasteiger partial charge in [0.2, 0.25) is 0 Å². The van der Waals surface area contributed by atoms with Crippen LogP contribution in [0, 0.1) is 12.7 Å². The maximum atomic E-state index is 3.29. The van der Waals surface area contributed by atoms with Crippen molar-refractivity contribution in [2.45, 2.75) is 0 Å². The first kappa shape index (κ1) is 14.8. The summed E-state index contributed by atoms with van der Waals surface area (Å²) in [6.45, 7) is 2.12. The molecule has 0 spiro atoms. The molecule has 3 aromatic rings. The Morgan fingerprint density at radius 1 is 0.682 bits per heavy atom. The number of benzene rings is 3. The number of fused-ring (bicyclic) bond motifs is 1. The van der Waals surface area contributed by atoms with Gasteiger partial charge in [-0.05, 0) is 24.3 Å². The van der Waals surface area contributed by atoms with Crippen LogP contribution in [0.1, 0.15) is 0 Å². The molecule has 4 rings (SSSR count). The van der Waals surface area contributed by atoms with Crippen LogP contribution in [0.25, 0.3) is 0 Å². The molecule has 1 radical (unpaired) electrons. The summed E-state index contributed by atoms with van der Waals surface area (Å²) in [6.07, 6.45) is 0. The Morgan fingerprint density at radius 2 is 1.32 bits per heavy atom. The van der Waals surface area contributed by atoms with E-state index in [2.05, 4.69) is 77.1 Å². The van der Waals surface area contributed by atoms with E-state index >= 15 is 0 Å². The molecule has 0 bridgehead atoms. The van der Waals surface area contributed by atoms with Gasteiger partial charge in [-0.3, -0.25) is 0 Å². The Bertz CT molecular complexity index is 679. The van der Waals surface area contributed by atoms with Gasteiger partial charge in [0.15, 0.2) is 0 Å². The van der Waals surface area contributed by atoms with Crippen molar-refractivity contribution in [3.8, 4) is 0 Å². The fourth-order valence-corrected chi connectivity index (χ4v) is 2.63. The summed E-state index contributed by atoms with van der Waals surface area (Å²) < 4.78 is 0. The molecule has 3 aromatic carbocycles. The molecule has 22 heavy (non-hydrogen) atoms. The summed E-state index contributed by atoms with van der Waals surface area (Å²) in [5.74, 6) is 0. The monoisotopic (exact) mass is 463 g/mol. The Kier molecular flexibility index (Phi) is 4.28. The predicted octanol–water partition coefficient (Wildman–Crippen LogP) is 4.89.